The highest BCUT2D eigenvalue weighted by Crippen LogP contribution is 2.18. The Morgan fingerprint density at radius 3 is 2.83 bits per heavy atom. The van der Waals surface area contributed by atoms with Crippen LogP contribution in [0.5, 0.6) is 0 Å². The molecule has 2 aromatic heterocycles. The lowest BCUT2D eigenvalue weighted by Gasteiger charge is -2.36. The molecule has 0 aliphatic carbocycles. The summed E-state index contributed by atoms with van der Waals surface area (Å²) >= 11 is 5.86. The molecule has 1 amide bonds. The Morgan fingerprint density at radius 2 is 2.13 bits per heavy atom. The first kappa shape index (κ1) is 15.6. The first-order valence-corrected chi connectivity index (χ1v) is 7.63. The number of nitrogens with zero attached hydrogens (tertiary/aromatic N) is 4. The van der Waals surface area contributed by atoms with Crippen LogP contribution >= 0.6 is 11.6 Å². The summed E-state index contributed by atoms with van der Waals surface area (Å²) in [6, 6.07) is 3.10. The number of hydrogen-bond acceptors (Lipinski definition) is 6. The minimum atomic E-state index is -0.705. The Kier molecular flexibility index (Phi) is 4.68. The van der Waals surface area contributed by atoms with Crippen molar-refractivity contribution in [1.29, 1.82) is 0 Å². The molecule has 3 rings (SSSR count). The van der Waals surface area contributed by atoms with Gasteiger partial charge in [0.25, 0.3) is 5.91 Å². The zero-order valence-electron chi connectivity index (χ0n) is 12.3. The number of aromatic nitrogens is 3. The van der Waals surface area contributed by atoms with Gasteiger partial charge in [0.15, 0.2) is 0 Å². The van der Waals surface area contributed by atoms with E-state index in [0.717, 1.165) is 0 Å². The zero-order chi connectivity index (χ0) is 16.2. The number of likely N-dealkylation sites (tertiary alicyclic amines) is 1. The first-order valence-electron chi connectivity index (χ1n) is 7.25. The highest BCUT2D eigenvalue weighted by molar-refractivity contribution is 6.30. The van der Waals surface area contributed by atoms with E-state index in [1.54, 1.807) is 29.4 Å². The molecule has 2 N–H and O–H groups in total. The van der Waals surface area contributed by atoms with E-state index in [1.165, 1.54) is 12.4 Å². The normalized spacial score (nSPS) is 21.0. The van der Waals surface area contributed by atoms with Crippen molar-refractivity contribution in [2.75, 3.05) is 18.4 Å². The molecule has 0 radical (unpaired) electrons. The molecule has 23 heavy (non-hydrogen) atoms. The number of halogens is 1. The molecule has 8 heteroatoms. The number of hydrogen-bond donors (Lipinski definition) is 2. The lowest BCUT2D eigenvalue weighted by atomic mass is 10.0. The quantitative estimate of drug-likeness (QED) is 0.877. The van der Waals surface area contributed by atoms with Crippen LogP contribution in [0.2, 0.25) is 5.02 Å². The van der Waals surface area contributed by atoms with E-state index in [2.05, 4.69) is 20.3 Å². The summed E-state index contributed by atoms with van der Waals surface area (Å²) < 4.78 is 0. The Hall–Kier alpha value is -2.25. The predicted molar refractivity (Wildman–Crippen MR) is 85.2 cm³/mol. The van der Waals surface area contributed by atoms with Gasteiger partial charge in [-0.3, -0.25) is 9.78 Å². The van der Waals surface area contributed by atoms with Crippen LogP contribution in [-0.4, -0.2) is 56.1 Å². The van der Waals surface area contributed by atoms with Crippen molar-refractivity contribution in [2.45, 2.75) is 18.6 Å². The second-order valence-corrected chi connectivity index (χ2v) is 5.76. The fourth-order valence-electron chi connectivity index (χ4n) is 2.54. The Balaban J connectivity index is 1.63. The molecule has 3 heterocycles. The molecule has 1 aliphatic heterocycles. The number of carbonyl (C=O) groups is 1. The number of amides is 1. The van der Waals surface area contributed by atoms with Gasteiger partial charge in [-0.1, -0.05) is 11.6 Å². The van der Waals surface area contributed by atoms with Crippen LogP contribution in [0.3, 0.4) is 0 Å². The SMILES string of the molecule is O=C(c1cncc(Cl)c1)N1CC[C@H](Nc2ncccn2)[C@@H](O)C1. The van der Waals surface area contributed by atoms with Gasteiger partial charge < -0.3 is 15.3 Å². The summed E-state index contributed by atoms with van der Waals surface area (Å²) in [6.45, 7) is 0.753. The van der Waals surface area contributed by atoms with Gasteiger partial charge in [-0.05, 0) is 18.6 Å². The van der Waals surface area contributed by atoms with Crippen LogP contribution in [0.25, 0.3) is 0 Å². The molecule has 0 bridgehead atoms. The minimum Gasteiger partial charge on any atom is -0.389 e. The van der Waals surface area contributed by atoms with Gasteiger partial charge in [0.2, 0.25) is 5.95 Å². The van der Waals surface area contributed by atoms with Crippen LogP contribution in [-0.2, 0) is 0 Å². The lowest BCUT2D eigenvalue weighted by Crippen LogP contribution is -2.51. The third-order valence-corrected chi connectivity index (χ3v) is 3.91. The predicted octanol–water partition coefficient (Wildman–Crippen LogP) is 1.21. The maximum Gasteiger partial charge on any atom is 0.255 e. The van der Waals surface area contributed by atoms with Crippen LogP contribution in [0.4, 0.5) is 5.95 Å². The Morgan fingerprint density at radius 1 is 1.35 bits per heavy atom. The highest BCUT2D eigenvalue weighted by atomic mass is 35.5. The maximum atomic E-state index is 12.4. The molecule has 1 fully saturated rings. The van der Waals surface area contributed by atoms with Crippen molar-refractivity contribution < 1.29 is 9.90 Å². The molecule has 1 saturated heterocycles. The van der Waals surface area contributed by atoms with Gasteiger partial charge in [-0.15, -0.1) is 0 Å². The molecule has 1 aliphatic rings. The molecule has 0 saturated carbocycles. The van der Waals surface area contributed by atoms with Gasteiger partial charge in [-0.25, -0.2) is 9.97 Å². The standard InChI is InChI=1S/C15H16ClN5O2/c16-11-6-10(7-17-8-11)14(23)21-5-2-12(13(22)9-21)20-15-18-3-1-4-19-15/h1,3-4,6-8,12-13,22H,2,5,9H2,(H,18,19,20)/t12-,13-/m0/s1. The summed E-state index contributed by atoms with van der Waals surface area (Å²) in [5.74, 6) is 0.281. The van der Waals surface area contributed by atoms with Crippen LogP contribution < -0.4 is 5.32 Å². The summed E-state index contributed by atoms with van der Waals surface area (Å²) in [7, 11) is 0. The van der Waals surface area contributed by atoms with Crippen molar-refractivity contribution in [1.82, 2.24) is 19.9 Å². The zero-order valence-corrected chi connectivity index (χ0v) is 13.0. The summed E-state index contributed by atoms with van der Waals surface area (Å²) in [5, 5.41) is 13.8. The van der Waals surface area contributed by atoms with E-state index in [0.29, 0.717) is 29.5 Å². The van der Waals surface area contributed by atoms with E-state index in [9.17, 15) is 9.90 Å². The number of β-amino-alcohol motifs (C(OH)–C–C–N with tert-alkyl or cyclic N) is 1. The first-order chi connectivity index (χ1) is 11.1. The van der Waals surface area contributed by atoms with Crippen LogP contribution in [0.15, 0.2) is 36.9 Å². The average molecular weight is 334 g/mol. The largest absolute Gasteiger partial charge is 0.389 e. The molecule has 0 aromatic carbocycles. The highest BCUT2D eigenvalue weighted by Gasteiger charge is 2.31. The molecular formula is C15H16ClN5O2. The second-order valence-electron chi connectivity index (χ2n) is 5.32. The van der Waals surface area contributed by atoms with Crippen LogP contribution in [0, 0.1) is 0 Å². The molecule has 0 spiro atoms. The smallest absolute Gasteiger partial charge is 0.255 e. The maximum absolute atomic E-state index is 12.4. The molecule has 2 aromatic rings. The monoisotopic (exact) mass is 333 g/mol. The van der Waals surface area contributed by atoms with Crippen molar-refractivity contribution >= 4 is 23.5 Å². The van der Waals surface area contributed by atoms with Gasteiger partial charge in [0, 0.05) is 37.9 Å². The lowest BCUT2D eigenvalue weighted by molar-refractivity contribution is 0.0425. The number of piperidine rings is 1. The van der Waals surface area contributed by atoms with Crippen molar-refractivity contribution in [2.24, 2.45) is 0 Å². The third-order valence-electron chi connectivity index (χ3n) is 3.70. The van der Waals surface area contributed by atoms with E-state index < -0.39 is 6.10 Å². The van der Waals surface area contributed by atoms with Crippen molar-refractivity contribution in [3.8, 4) is 0 Å². The molecule has 2 atom stereocenters. The van der Waals surface area contributed by atoms with Gasteiger partial charge in [0.1, 0.15) is 0 Å². The van der Waals surface area contributed by atoms with E-state index in [1.807, 2.05) is 0 Å². The van der Waals surface area contributed by atoms with E-state index in [4.69, 9.17) is 11.6 Å². The fraction of sp³-hybridized carbons (Fsp3) is 0.333. The number of aliphatic hydroxyl groups excluding tert-OH is 1. The van der Waals surface area contributed by atoms with Gasteiger partial charge in [0.05, 0.1) is 22.7 Å². The van der Waals surface area contributed by atoms with E-state index >= 15 is 0 Å². The molecule has 0 unspecified atom stereocenters. The van der Waals surface area contributed by atoms with Crippen LogP contribution in [0.1, 0.15) is 16.8 Å². The topological polar surface area (TPSA) is 91.2 Å². The number of nitrogens with one attached hydrogen (secondary N) is 1. The number of anilines is 1. The minimum absolute atomic E-state index is 0.187. The number of aliphatic hydroxyl groups is 1. The Bertz CT molecular complexity index is 685. The molecular weight excluding hydrogens is 318 g/mol. The summed E-state index contributed by atoms with van der Waals surface area (Å²) in [6.07, 6.45) is 6.10. The Labute approximate surface area is 138 Å². The van der Waals surface area contributed by atoms with Gasteiger partial charge >= 0.3 is 0 Å². The number of carbonyl (C=O) groups excluding carboxylic acids is 1. The molecule has 120 valence electrons. The summed E-state index contributed by atoms with van der Waals surface area (Å²) in [4.78, 5) is 26.1. The van der Waals surface area contributed by atoms with Crippen molar-refractivity contribution in [3.63, 3.8) is 0 Å². The number of rotatable bonds is 3. The van der Waals surface area contributed by atoms with Crippen molar-refractivity contribution in [3.05, 3.63) is 47.5 Å². The fourth-order valence-corrected chi connectivity index (χ4v) is 2.71. The summed E-state index contributed by atoms with van der Waals surface area (Å²) in [5.41, 5.74) is 0.419. The number of pyridine rings is 1. The van der Waals surface area contributed by atoms with E-state index in [-0.39, 0.29) is 18.5 Å². The van der Waals surface area contributed by atoms with Gasteiger partial charge in [-0.2, -0.15) is 0 Å². The average Bonchev–Trinajstić information content (AvgIpc) is 2.57. The molecule has 7 nitrogen and oxygen atoms in total. The second kappa shape index (κ2) is 6.89. The third kappa shape index (κ3) is 3.75.